The van der Waals surface area contributed by atoms with Gasteiger partial charge in [0.1, 0.15) is 17.4 Å². The Morgan fingerprint density at radius 3 is 2.11 bits per heavy atom. The van der Waals surface area contributed by atoms with Crippen molar-refractivity contribution in [1.82, 2.24) is 20.9 Å². The number of hydrogen-bond donors (Lipinski definition) is 3. The number of benzene rings is 4. The molecule has 4 aromatic carbocycles. The average molecular weight is 723 g/mol. The summed E-state index contributed by atoms with van der Waals surface area (Å²) in [4.78, 5) is 43.4. The smallest absolute Gasteiger partial charge is 0.315 e. The predicted molar refractivity (Wildman–Crippen MR) is 207 cm³/mol. The van der Waals surface area contributed by atoms with E-state index in [0.717, 1.165) is 33.2 Å². The molecule has 282 valence electrons. The Kier molecular flexibility index (Phi) is 13.5. The van der Waals surface area contributed by atoms with Crippen molar-refractivity contribution >= 4 is 28.6 Å². The lowest BCUT2D eigenvalue weighted by atomic mass is 10.00. The summed E-state index contributed by atoms with van der Waals surface area (Å²) >= 11 is 0. The molecule has 1 aliphatic carbocycles. The van der Waals surface area contributed by atoms with E-state index in [1.165, 1.54) is 0 Å². The minimum Gasteiger partial charge on any atom is -0.488 e. The van der Waals surface area contributed by atoms with Crippen LogP contribution in [0.25, 0.3) is 10.8 Å². The van der Waals surface area contributed by atoms with Crippen molar-refractivity contribution in [2.45, 2.75) is 84.9 Å². The maximum absolute atomic E-state index is 14.9. The van der Waals surface area contributed by atoms with Crippen LogP contribution in [0.3, 0.4) is 0 Å². The van der Waals surface area contributed by atoms with Crippen molar-refractivity contribution in [3.05, 3.63) is 114 Å². The van der Waals surface area contributed by atoms with E-state index in [4.69, 9.17) is 14.2 Å². The summed E-state index contributed by atoms with van der Waals surface area (Å²) in [6.07, 6.45) is 0.811. The molecule has 10 nitrogen and oxygen atoms in total. The molecule has 0 aliphatic heterocycles. The Morgan fingerprint density at radius 2 is 1.45 bits per heavy atom. The zero-order valence-corrected chi connectivity index (χ0v) is 31.7. The van der Waals surface area contributed by atoms with Gasteiger partial charge >= 0.3 is 6.03 Å². The molecule has 3 N–H and O–H groups in total. The number of carbonyl (C=O) groups is 3. The molecule has 0 bridgehead atoms. The molecule has 53 heavy (non-hydrogen) atoms. The maximum atomic E-state index is 14.9. The molecular weight excluding hydrogens is 668 g/mol. The van der Waals surface area contributed by atoms with Crippen molar-refractivity contribution in [1.29, 1.82) is 0 Å². The third-order valence-electron chi connectivity index (χ3n) is 9.24. The molecule has 0 saturated heterocycles. The number of nitrogens with one attached hydrogen (secondary N) is 3. The van der Waals surface area contributed by atoms with Crippen LogP contribution in [-0.2, 0) is 38.6 Å². The quantitative estimate of drug-likeness (QED) is 0.0979. The number of nitrogens with zero attached hydrogens (tertiary/aromatic N) is 1. The van der Waals surface area contributed by atoms with E-state index in [0.29, 0.717) is 32.6 Å². The van der Waals surface area contributed by atoms with E-state index in [1.54, 1.807) is 4.90 Å². The van der Waals surface area contributed by atoms with Crippen molar-refractivity contribution in [2.24, 2.45) is 5.41 Å². The molecular formula is C43H54N4O6. The van der Waals surface area contributed by atoms with Crippen molar-refractivity contribution in [3.8, 4) is 5.75 Å². The third-order valence-corrected chi connectivity index (χ3v) is 9.24. The van der Waals surface area contributed by atoms with Crippen LogP contribution < -0.4 is 20.7 Å². The normalized spacial score (nSPS) is 14.0. The number of ether oxygens (including phenoxy) is 3. The summed E-state index contributed by atoms with van der Waals surface area (Å²) < 4.78 is 17.9. The Hall–Kier alpha value is -4.93. The van der Waals surface area contributed by atoms with Gasteiger partial charge in [-0.15, -0.1) is 0 Å². The van der Waals surface area contributed by atoms with Gasteiger partial charge in [0.25, 0.3) is 0 Å². The standard InChI is InChI=1S/C43H54N4O6/c1-6-51-38(52-7-2)29-47(28-34-18-13-17-33-16-11-12-19-36(33)34)39(48)37(26-31-20-22-35(23-21-31)53-42(3,4)5)46-40(49)43(24-25-43)30-45-41(50)44-27-32-14-9-8-10-15-32/h8-23,37-38H,6-7,24-30H2,1-5H3,(H,46,49)(H2,44,45,50)/t37-/m0/s1. The highest BCUT2D eigenvalue weighted by atomic mass is 16.7. The highest BCUT2D eigenvalue weighted by molar-refractivity contribution is 5.93. The Balaban J connectivity index is 1.38. The monoisotopic (exact) mass is 722 g/mol. The van der Waals surface area contributed by atoms with Crippen LogP contribution >= 0.6 is 0 Å². The van der Waals surface area contributed by atoms with Gasteiger partial charge in [0.05, 0.1) is 12.0 Å². The van der Waals surface area contributed by atoms with Gasteiger partial charge in [-0.25, -0.2) is 4.79 Å². The summed E-state index contributed by atoms with van der Waals surface area (Å²) in [7, 11) is 0. The van der Waals surface area contributed by atoms with Crippen LogP contribution in [0.4, 0.5) is 4.79 Å². The highest BCUT2D eigenvalue weighted by Crippen LogP contribution is 2.45. The number of amides is 4. The molecule has 0 unspecified atom stereocenters. The Labute approximate surface area is 313 Å². The SMILES string of the molecule is CCOC(CN(Cc1cccc2ccccc12)C(=O)[C@H](Cc1ccc(OC(C)(C)C)cc1)NC(=O)C1(CNC(=O)NCc2ccccc2)CC1)OCC. The lowest BCUT2D eigenvalue weighted by molar-refractivity contribution is -0.161. The second-order valence-electron chi connectivity index (χ2n) is 14.6. The molecule has 0 radical (unpaired) electrons. The second-order valence-corrected chi connectivity index (χ2v) is 14.6. The first-order valence-electron chi connectivity index (χ1n) is 18.6. The van der Waals surface area contributed by atoms with E-state index in [-0.39, 0.29) is 49.5 Å². The number of urea groups is 1. The van der Waals surface area contributed by atoms with Gasteiger partial charge in [0.15, 0.2) is 6.29 Å². The topological polar surface area (TPSA) is 118 Å². The number of fused-ring (bicyclic) bond motifs is 1. The molecule has 4 amide bonds. The van der Waals surface area contributed by atoms with Gasteiger partial charge in [-0.1, -0.05) is 84.9 Å². The Morgan fingerprint density at radius 1 is 0.792 bits per heavy atom. The van der Waals surface area contributed by atoms with Crippen molar-refractivity contribution in [2.75, 3.05) is 26.3 Å². The first-order chi connectivity index (χ1) is 25.5. The molecule has 10 heteroatoms. The van der Waals surface area contributed by atoms with E-state index in [9.17, 15) is 14.4 Å². The van der Waals surface area contributed by atoms with Crippen LogP contribution in [0, 0.1) is 5.41 Å². The molecule has 5 rings (SSSR count). The molecule has 0 aromatic heterocycles. The summed E-state index contributed by atoms with van der Waals surface area (Å²) in [6.45, 7) is 11.6. The first kappa shape index (κ1) is 39.3. The van der Waals surface area contributed by atoms with E-state index in [1.807, 2.05) is 113 Å². The molecule has 0 heterocycles. The van der Waals surface area contributed by atoms with Gasteiger partial charge in [0.2, 0.25) is 11.8 Å². The maximum Gasteiger partial charge on any atom is 0.315 e. The van der Waals surface area contributed by atoms with Crippen LogP contribution in [0.2, 0.25) is 0 Å². The predicted octanol–water partition coefficient (Wildman–Crippen LogP) is 6.75. The lowest BCUT2D eigenvalue weighted by Crippen LogP contribution is -2.54. The molecule has 0 spiro atoms. The van der Waals surface area contributed by atoms with Crippen molar-refractivity contribution < 1.29 is 28.6 Å². The summed E-state index contributed by atoms with van der Waals surface area (Å²) in [6, 6.07) is 30.2. The van der Waals surface area contributed by atoms with Crippen LogP contribution in [0.1, 0.15) is 64.2 Å². The zero-order chi connectivity index (χ0) is 37.8. The van der Waals surface area contributed by atoms with E-state index in [2.05, 4.69) is 34.1 Å². The number of hydrogen-bond acceptors (Lipinski definition) is 6. The lowest BCUT2D eigenvalue weighted by Gasteiger charge is -2.32. The molecule has 1 saturated carbocycles. The summed E-state index contributed by atoms with van der Waals surface area (Å²) in [5.74, 6) is 0.203. The second kappa shape index (κ2) is 18.2. The third kappa shape index (κ3) is 11.5. The number of rotatable bonds is 18. The van der Waals surface area contributed by atoms with E-state index < -0.39 is 17.7 Å². The fourth-order valence-corrected chi connectivity index (χ4v) is 6.31. The van der Waals surface area contributed by atoms with Crippen LogP contribution in [-0.4, -0.2) is 67.0 Å². The van der Waals surface area contributed by atoms with Crippen molar-refractivity contribution in [3.63, 3.8) is 0 Å². The van der Waals surface area contributed by atoms with Gasteiger partial charge in [-0.2, -0.15) is 0 Å². The fraction of sp³-hybridized carbons (Fsp3) is 0.419. The minimum absolute atomic E-state index is 0.162. The Bertz CT molecular complexity index is 1790. The summed E-state index contributed by atoms with van der Waals surface area (Å²) in [5.41, 5.74) is 1.65. The van der Waals surface area contributed by atoms with E-state index >= 15 is 0 Å². The largest absolute Gasteiger partial charge is 0.488 e. The zero-order valence-electron chi connectivity index (χ0n) is 31.7. The highest BCUT2D eigenvalue weighted by Gasteiger charge is 2.51. The molecule has 1 atom stereocenters. The average Bonchev–Trinajstić information content (AvgIpc) is 3.94. The molecule has 1 aliphatic rings. The number of carbonyl (C=O) groups excluding carboxylic acids is 3. The van der Waals surface area contributed by atoms with Crippen LogP contribution in [0.5, 0.6) is 5.75 Å². The van der Waals surface area contributed by atoms with Gasteiger partial charge < -0.3 is 35.1 Å². The van der Waals surface area contributed by atoms with Gasteiger partial charge in [-0.05, 0) is 87.1 Å². The van der Waals surface area contributed by atoms with Crippen LogP contribution in [0.15, 0.2) is 97.1 Å². The first-order valence-corrected chi connectivity index (χ1v) is 18.6. The van der Waals surface area contributed by atoms with Gasteiger partial charge in [0, 0.05) is 39.3 Å². The van der Waals surface area contributed by atoms with Gasteiger partial charge in [-0.3, -0.25) is 9.59 Å². The fourth-order valence-electron chi connectivity index (χ4n) is 6.31. The summed E-state index contributed by atoms with van der Waals surface area (Å²) in [5, 5.41) is 11.0. The molecule has 4 aromatic rings. The minimum atomic E-state index is -0.903. The molecule has 1 fully saturated rings.